The second-order valence-corrected chi connectivity index (χ2v) is 4.01. The number of hydrogen-bond acceptors (Lipinski definition) is 2. The van der Waals surface area contributed by atoms with E-state index in [1.54, 1.807) is 0 Å². The Balaban J connectivity index is 1.86. The topological polar surface area (TPSA) is 23.1 Å². The lowest BCUT2D eigenvalue weighted by atomic mass is 10.2. The number of halogens is 1. The molecule has 0 radical (unpaired) electrons. The highest BCUT2D eigenvalue weighted by Gasteiger charge is 2.53. The Morgan fingerprint density at radius 3 is 2.57 bits per heavy atom. The van der Waals surface area contributed by atoms with Gasteiger partial charge in [0.2, 0.25) is 5.91 Å². The Morgan fingerprint density at radius 1 is 1.29 bits per heavy atom. The van der Waals surface area contributed by atoms with E-state index in [-0.39, 0.29) is 12.1 Å². The number of carbonyl (C=O) groups excluding carboxylic acids is 1. The molecule has 0 aromatic heterocycles. The van der Waals surface area contributed by atoms with Gasteiger partial charge in [0, 0.05) is 18.0 Å². The summed E-state index contributed by atoms with van der Waals surface area (Å²) in [4.78, 5) is 11.3. The van der Waals surface area contributed by atoms with Crippen LogP contribution in [0.2, 0.25) is 5.02 Å². The number of nitrogens with zero attached hydrogens (tertiary/aromatic N) is 2. The third-order valence-corrected chi connectivity index (χ3v) is 2.97. The van der Waals surface area contributed by atoms with Gasteiger partial charge in [-0.15, -0.1) is 0 Å². The summed E-state index contributed by atoms with van der Waals surface area (Å²) < 4.78 is 0. The molecule has 2 saturated heterocycles. The summed E-state index contributed by atoms with van der Waals surface area (Å²) in [5, 5.41) is 4.62. The number of amides is 1. The quantitative estimate of drug-likeness (QED) is 0.657. The Hall–Kier alpha value is -1.06. The molecule has 2 aliphatic rings. The van der Waals surface area contributed by atoms with Crippen molar-refractivity contribution in [3.8, 4) is 0 Å². The summed E-state index contributed by atoms with van der Waals surface area (Å²) in [6.45, 7) is 0.853. The molecular formula is C10H9ClN2O. The Labute approximate surface area is 86.8 Å². The van der Waals surface area contributed by atoms with Crippen LogP contribution in [0.3, 0.4) is 0 Å². The van der Waals surface area contributed by atoms with E-state index in [4.69, 9.17) is 11.6 Å². The molecule has 0 spiro atoms. The van der Waals surface area contributed by atoms with Crippen molar-refractivity contribution < 1.29 is 4.79 Å². The second kappa shape index (κ2) is 2.72. The number of hydrazine groups is 1. The highest BCUT2D eigenvalue weighted by molar-refractivity contribution is 6.30. The lowest BCUT2D eigenvalue weighted by molar-refractivity contribution is -0.125. The van der Waals surface area contributed by atoms with Crippen LogP contribution in [-0.4, -0.2) is 22.5 Å². The van der Waals surface area contributed by atoms with E-state index < -0.39 is 0 Å². The molecule has 1 aromatic rings. The predicted molar refractivity (Wildman–Crippen MR) is 52.4 cm³/mol. The van der Waals surface area contributed by atoms with Gasteiger partial charge in [0.25, 0.3) is 0 Å². The fourth-order valence-electron chi connectivity index (χ4n) is 1.99. The smallest absolute Gasteiger partial charge is 0.240 e. The Kier molecular flexibility index (Phi) is 1.60. The van der Waals surface area contributed by atoms with E-state index in [1.165, 1.54) is 0 Å². The van der Waals surface area contributed by atoms with Gasteiger partial charge in [0.15, 0.2) is 0 Å². The first-order chi connectivity index (χ1) is 6.77. The van der Waals surface area contributed by atoms with Gasteiger partial charge in [-0.05, 0) is 17.7 Å². The minimum absolute atomic E-state index is 0.175. The lowest BCUT2D eigenvalue weighted by Gasteiger charge is -2.00. The summed E-state index contributed by atoms with van der Waals surface area (Å²) in [7, 11) is 0. The van der Waals surface area contributed by atoms with Gasteiger partial charge < -0.3 is 0 Å². The maximum atomic E-state index is 11.3. The fourth-order valence-corrected chi connectivity index (χ4v) is 2.11. The van der Waals surface area contributed by atoms with E-state index in [2.05, 4.69) is 5.01 Å². The largest absolute Gasteiger partial charge is 0.273 e. The van der Waals surface area contributed by atoms with E-state index >= 15 is 0 Å². The van der Waals surface area contributed by atoms with Crippen LogP contribution in [0.4, 0.5) is 0 Å². The fraction of sp³-hybridized carbons (Fsp3) is 0.300. The molecule has 2 aliphatic heterocycles. The highest BCUT2D eigenvalue weighted by atomic mass is 35.5. The first-order valence-corrected chi connectivity index (χ1v) is 4.99. The van der Waals surface area contributed by atoms with Crippen LogP contribution in [0, 0.1) is 0 Å². The normalized spacial score (nSPS) is 29.2. The molecule has 0 bridgehead atoms. The molecular weight excluding hydrogens is 200 g/mol. The number of benzene rings is 1. The van der Waals surface area contributed by atoms with Crippen molar-refractivity contribution in [1.29, 1.82) is 0 Å². The van der Waals surface area contributed by atoms with E-state index in [1.807, 2.05) is 29.3 Å². The van der Waals surface area contributed by atoms with Crippen molar-refractivity contribution in [2.45, 2.75) is 12.6 Å². The second-order valence-electron chi connectivity index (χ2n) is 3.58. The molecule has 2 unspecified atom stereocenters. The SMILES string of the molecule is O=C1CCN2C(c3ccc(Cl)cc3)N12. The molecule has 2 fully saturated rings. The van der Waals surface area contributed by atoms with Gasteiger partial charge in [-0.2, -0.15) is 5.01 Å². The summed E-state index contributed by atoms with van der Waals surface area (Å²) in [5.74, 6) is 0.227. The molecule has 0 aliphatic carbocycles. The van der Waals surface area contributed by atoms with Crippen molar-refractivity contribution in [3.05, 3.63) is 34.9 Å². The van der Waals surface area contributed by atoms with Gasteiger partial charge in [-0.3, -0.25) is 4.79 Å². The number of fused-ring (bicyclic) bond motifs is 1. The van der Waals surface area contributed by atoms with Crippen molar-refractivity contribution in [2.24, 2.45) is 0 Å². The lowest BCUT2D eigenvalue weighted by Crippen LogP contribution is -2.06. The van der Waals surface area contributed by atoms with Gasteiger partial charge in [-0.1, -0.05) is 23.7 Å². The van der Waals surface area contributed by atoms with Crippen LogP contribution in [0.5, 0.6) is 0 Å². The zero-order valence-electron chi connectivity index (χ0n) is 7.48. The molecule has 0 N–H and O–H groups in total. The van der Waals surface area contributed by atoms with E-state index in [9.17, 15) is 4.79 Å². The maximum Gasteiger partial charge on any atom is 0.240 e. The molecule has 0 saturated carbocycles. The van der Waals surface area contributed by atoms with Crippen LogP contribution in [0.1, 0.15) is 18.2 Å². The standard InChI is InChI=1S/C10H9ClN2O/c11-8-3-1-7(2-4-8)10-12-6-5-9(14)13(10)12/h1-4,10H,5-6H2. The maximum absolute atomic E-state index is 11.3. The van der Waals surface area contributed by atoms with Crippen molar-refractivity contribution in [1.82, 2.24) is 10.0 Å². The van der Waals surface area contributed by atoms with Gasteiger partial charge in [0.1, 0.15) is 6.17 Å². The summed E-state index contributed by atoms with van der Waals surface area (Å²) in [5.41, 5.74) is 1.14. The first kappa shape index (κ1) is 8.26. The number of carbonyl (C=O) groups is 1. The zero-order chi connectivity index (χ0) is 9.71. The summed E-state index contributed by atoms with van der Waals surface area (Å²) in [6.07, 6.45) is 0.831. The Bertz CT molecular complexity index is 390. The Morgan fingerprint density at radius 2 is 2.00 bits per heavy atom. The minimum Gasteiger partial charge on any atom is -0.273 e. The minimum atomic E-state index is 0.175. The van der Waals surface area contributed by atoms with Crippen LogP contribution in [0.15, 0.2) is 24.3 Å². The summed E-state index contributed by atoms with van der Waals surface area (Å²) >= 11 is 5.79. The van der Waals surface area contributed by atoms with Gasteiger partial charge in [-0.25, -0.2) is 5.01 Å². The number of rotatable bonds is 1. The summed E-state index contributed by atoms with van der Waals surface area (Å²) in [6, 6.07) is 7.66. The third kappa shape index (κ3) is 1.06. The predicted octanol–water partition coefficient (Wildman–Crippen LogP) is 1.80. The molecule has 3 rings (SSSR count). The molecule has 2 heterocycles. The molecule has 2 atom stereocenters. The third-order valence-electron chi connectivity index (χ3n) is 2.71. The van der Waals surface area contributed by atoms with Gasteiger partial charge >= 0.3 is 0 Å². The molecule has 72 valence electrons. The van der Waals surface area contributed by atoms with Crippen molar-refractivity contribution >= 4 is 17.5 Å². The average Bonchev–Trinajstić information content (AvgIpc) is 2.79. The van der Waals surface area contributed by atoms with Crippen LogP contribution >= 0.6 is 11.6 Å². The molecule has 1 aromatic carbocycles. The monoisotopic (exact) mass is 208 g/mol. The average molecular weight is 209 g/mol. The molecule has 1 amide bonds. The molecule has 3 nitrogen and oxygen atoms in total. The zero-order valence-corrected chi connectivity index (χ0v) is 8.24. The van der Waals surface area contributed by atoms with Crippen molar-refractivity contribution in [3.63, 3.8) is 0 Å². The first-order valence-electron chi connectivity index (χ1n) is 4.61. The van der Waals surface area contributed by atoms with Crippen LogP contribution in [-0.2, 0) is 4.79 Å². The van der Waals surface area contributed by atoms with Gasteiger partial charge in [0.05, 0.1) is 0 Å². The van der Waals surface area contributed by atoms with E-state index in [0.29, 0.717) is 6.42 Å². The highest BCUT2D eigenvalue weighted by Crippen LogP contribution is 2.45. The van der Waals surface area contributed by atoms with Crippen LogP contribution in [0.25, 0.3) is 0 Å². The van der Waals surface area contributed by atoms with Crippen molar-refractivity contribution in [2.75, 3.05) is 6.54 Å². The number of hydrogen-bond donors (Lipinski definition) is 0. The van der Waals surface area contributed by atoms with Crippen LogP contribution < -0.4 is 0 Å². The molecule has 14 heavy (non-hydrogen) atoms. The molecule has 4 heteroatoms. The van der Waals surface area contributed by atoms with E-state index in [0.717, 1.165) is 17.1 Å².